The van der Waals surface area contributed by atoms with E-state index in [1.165, 1.54) is 0 Å². The van der Waals surface area contributed by atoms with Crippen LogP contribution in [0, 0.1) is 0 Å². The Balaban J connectivity index is 0.00000261. The number of guanidine groups is 1. The molecule has 1 aliphatic heterocycles. The Bertz CT molecular complexity index is 763. The predicted octanol–water partition coefficient (Wildman–Crippen LogP) is 3.20. The number of hydrogen-bond acceptors (Lipinski definition) is 6. The first-order chi connectivity index (χ1) is 12.7. The lowest BCUT2D eigenvalue weighted by atomic mass is 10.2. The normalized spacial score (nSPS) is 13.7. The van der Waals surface area contributed by atoms with Gasteiger partial charge in [0.05, 0.1) is 13.2 Å². The lowest BCUT2D eigenvalue weighted by Gasteiger charge is -2.13. The zero-order valence-corrected chi connectivity index (χ0v) is 18.1. The van der Waals surface area contributed by atoms with Crippen LogP contribution in [0.2, 0.25) is 0 Å². The number of rotatable bonds is 5. The highest BCUT2D eigenvalue weighted by atomic mass is 127. The van der Waals surface area contributed by atoms with Crippen molar-refractivity contribution >= 4 is 35.6 Å². The van der Waals surface area contributed by atoms with Crippen LogP contribution in [-0.2, 0) is 6.42 Å². The molecule has 0 unspecified atom stereocenters. The summed E-state index contributed by atoms with van der Waals surface area (Å²) >= 11 is 0. The molecule has 0 amide bonds. The highest BCUT2D eigenvalue weighted by Gasteiger charge is 2.12. The molecule has 8 nitrogen and oxygen atoms in total. The summed E-state index contributed by atoms with van der Waals surface area (Å²) in [5.41, 5.74) is 0.877. The number of fused-ring (bicyclic) bond motifs is 1. The zero-order valence-electron chi connectivity index (χ0n) is 15.8. The van der Waals surface area contributed by atoms with Gasteiger partial charge in [-0.15, -0.1) is 24.0 Å². The molecule has 0 saturated carbocycles. The first-order valence-corrected chi connectivity index (χ1v) is 8.85. The van der Waals surface area contributed by atoms with Gasteiger partial charge in [-0.1, -0.05) is 19.0 Å². The van der Waals surface area contributed by atoms with Crippen LogP contribution in [0.4, 0.5) is 5.69 Å². The maximum atomic E-state index is 5.71. The molecule has 1 aromatic heterocycles. The molecule has 0 radical (unpaired) electrons. The second kappa shape index (κ2) is 10.3. The van der Waals surface area contributed by atoms with E-state index in [0.717, 1.165) is 29.4 Å². The van der Waals surface area contributed by atoms with Gasteiger partial charge in [0.15, 0.2) is 23.3 Å². The molecule has 148 valence electrons. The number of aromatic nitrogens is 2. The summed E-state index contributed by atoms with van der Waals surface area (Å²) in [7, 11) is 1.72. The van der Waals surface area contributed by atoms with Crippen molar-refractivity contribution in [3.05, 3.63) is 29.9 Å². The van der Waals surface area contributed by atoms with Gasteiger partial charge in [0.2, 0.25) is 5.89 Å². The molecule has 0 saturated heterocycles. The van der Waals surface area contributed by atoms with E-state index < -0.39 is 0 Å². The maximum absolute atomic E-state index is 5.71. The van der Waals surface area contributed by atoms with Crippen molar-refractivity contribution in [1.29, 1.82) is 0 Å². The molecule has 0 spiro atoms. The van der Waals surface area contributed by atoms with Crippen LogP contribution < -0.4 is 20.1 Å². The molecule has 9 heteroatoms. The number of anilines is 1. The summed E-state index contributed by atoms with van der Waals surface area (Å²) in [5, 5.41) is 10.4. The molecular formula is C18H26IN5O3. The highest BCUT2D eigenvalue weighted by Crippen LogP contribution is 2.32. The number of nitrogens with one attached hydrogen (secondary N) is 2. The zero-order chi connectivity index (χ0) is 18.4. The van der Waals surface area contributed by atoms with Crippen LogP contribution >= 0.6 is 24.0 Å². The topological polar surface area (TPSA) is 93.8 Å². The highest BCUT2D eigenvalue weighted by molar-refractivity contribution is 14.0. The minimum absolute atomic E-state index is 0. The fourth-order valence-electron chi connectivity index (χ4n) is 2.45. The van der Waals surface area contributed by atoms with Gasteiger partial charge in [0.25, 0.3) is 0 Å². The van der Waals surface area contributed by atoms with Crippen molar-refractivity contribution in [3.8, 4) is 11.5 Å². The monoisotopic (exact) mass is 487 g/mol. The quantitative estimate of drug-likeness (QED) is 0.380. The van der Waals surface area contributed by atoms with Crippen LogP contribution in [-0.4, -0.2) is 42.9 Å². The Kier molecular flexibility index (Phi) is 8.14. The predicted molar refractivity (Wildman–Crippen MR) is 115 cm³/mol. The average molecular weight is 487 g/mol. The van der Waals surface area contributed by atoms with Gasteiger partial charge in [0, 0.05) is 44.1 Å². The molecule has 0 aliphatic carbocycles. The molecule has 3 rings (SSSR count). The third-order valence-corrected chi connectivity index (χ3v) is 3.87. The van der Waals surface area contributed by atoms with E-state index in [1.54, 1.807) is 7.05 Å². The largest absolute Gasteiger partial charge is 0.490 e. The SMILES string of the molecule is CN=C(NCCc1nc(C(C)C)no1)Nc1ccc2c(c1)OCCCO2.I. The van der Waals surface area contributed by atoms with E-state index in [1.807, 2.05) is 32.0 Å². The lowest BCUT2D eigenvalue weighted by Crippen LogP contribution is -2.32. The van der Waals surface area contributed by atoms with Crippen molar-refractivity contribution < 1.29 is 14.0 Å². The Morgan fingerprint density at radius 1 is 1.22 bits per heavy atom. The average Bonchev–Trinajstić information content (AvgIpc) is 2.99. The molecule has 2 heterocycles. The number of benzene rings is 1. The number of ether oxygens (including phenoxy) is 2. The van der Waals surface area contributed by atoms with Gasteiger partial charge >= 0.3 is 0 Å². The van der Waals surface area contributed by atoms with E-state index in [0.29, 0.717) is 38.0 Å². The van der Waals surface area contributed by atoms with E-state index in [-0.39, 0.29) is 29.9 Å². The minimum Gasteiger partial charge on any atom is -0.490 e. The van der Waals surface area contributed by atoms with Crippen LogP contribution in [0.3, 0.4) is 0 Å². The molecule has 0 atom stereocenters. The third kappa shape index (κ3) is 5.98. The maximum Gasteiger partial charge on any atom is 0.228 e. The summed E-state index contributed by atoms with van der Waals surface area (Å²) in [4.78, 5) is 8.60. The second-order valence-corrected chi connectivity index (χ2v) is 6.29. The Labute approximate surface area is 176 Å². The van der Waals surface area contributed by atoms with Crippen LogP contribution in [0.25, 0.3) is 0 Å². The molecule has 1 aromatic carbocycles. The molecule has 1 aliphatic rings. The van der Waals surface area contributed by atoms with Gasteiger partial charge < -0.3 is 24.6 Å². The van der Waals surface area contributed by atoms with Crippen molar-refractivity contribution in [2.45, 2.75) is 32.6 Å². The summed E-state index contributed by atoms with van der Waals surface area (Å²) in [6, 6.07) is 5.76. The summed E-state index contributed by atoms with van der Waals surface area (Å²) < 4.78 is 16.6. The standard InChI is InChI=1S/C18H25N5O3.HI/c1-12(2)17-22-16(26-23-17)7-8-20-18(19-3)21-13-5-6-14-15(11-13)25-10-4-9-24-14;/h5-6,11-12H,4,7-10H2,1-3H3,(H2,19,20,21);1H. The molecular weight excluding hydrogens is 461 g/mol. The van der Waals surface area contributed by atoms with Gasteiger partial charge in [0.1, 0.15) is 0 Å². The number of halogens is 1. The van der Waals surface area contributed by atoms with Crippen molar-refractivity contribution in [3.63, 3.8) is 0 Å². The number of aliphatic imine (C=N–C) groups is 1. The van der Waals surface area contributed by atoms with E-state index in [9.17, 15) is 0 Å². The van der Waals surface area contributed by atoms with Gasteiger partial charge in [-0.05, 0) is 12.1 Å². The number of nitrogens with zero attached hydrogens (tertiary/aromatic N) is 3. The first kappa shape index (κ1) is 21.3. The Morgan fingerprint density at radius 2 is 2.00 bits per heavy atom. The summed E-state index contributed by atoms with van der Waals surface area (Å²) in [5.74, 6) is 3.78. The van der Waals surface area contributed by atoms with Crippen LogP contribution in [0.5, 0.6) is 11.5 Å². The van der Waals surface area contributed by atoms with Gasteiger partial charge in [-0.25, -0.2) is 0 Å². The first-order valence-electron chi connectivity index (χ1n) is 8.85. The Hall–Kier alpha value is -2.04. The molecule has 27 heavy (non-hydrogen) atoms. The van der Waals surface area contributed by atoms with E-state index in [4.69, 9.17) is 14.0 Å². The minimum atomic E-state index is 0. The van der Waals surface area contributed by atoms with Crippen molar-refractivity contribution in [2.24, 2.45) is 4.99 Å². The second-order valence-electron chi connectivity index (χ2n) is 6.29. The third-order valence-electron chi connectivity index (χ3n) is 3.87. The number of hydrogen-bond donors (Lipinski definition) is 2. The van der Waals surface area contributed by atoms with Crippen molar-refractivity contribution in [1.82, 2.24) is 15.5 Å². The summed E-state index contributed by atoms with van der Waals surface area (Å²) in [6.07, 6.45) is 1.51. The fourth-order valence-corrected chi connectivity index (χ4v) is 2.45. The fraction of sp³-hybridized carbons (Fsp3) is 0.500. The lowest BCUT2D eigenvalue weighted by molar-refractivity contribution is 0.297. The Morgan fingerprint density at radius 3 is 2.70 bits per heavy atom. The smallest absolute Gasteiger partial charge is 0.228 e. The van der Waals surface area contributed by atoms with Crippen molar-refractivity contribution in [2.75, 3.05) is 32.1 Å². The van der Waals surface area contributed by atoms with Gasteiger partial charge in [-0.3, -0.25) is 4.99 Å². The van der Waals surface area contributed by atoms with Crippen LogP contribution in [0.1, 0.15) is 37.9 Å². The van der Waals surface area contributed by atoms with Gasteiger partial charge in [-0.2, -0.15) is 4.98 Å². The van der Waals surface area contributed by atoms with E-state index >= 15 is 0 Å². The van der Waals surface area contributed by atoms with Crippen LogP contribution in [0.15, 0.2) is 27.7 Å². The molecule has 0 bridgehead atoms. The van der Waals surface area contributed by atoms with E-state index in [2.05, 4.69) is 25.8 Å². The molecule has 2 aromatic rings. The molecule has 2 N–H and O–H groups in total. The summed E-state index contributed by atoms with van der Waals surface area (Å²) in [6.45, 7) is 6.04. The molecule has 0 fully saturated rings.